The molecule has 1 aromatic carbocycles. The minimum Gasteiger partial charge on any atom is -0.326 e. The van der Waals surface area contributed by atoms with Gasteiger partial charge in [0.15, 0.2) is 0 Å². The van der Waals surface area contributed by atoms with Crippen LogP contribution in [-0.2, 0) is 9.59 Å². The van der Waals surface area contributed by atoms with Gasteiger partial charge in [0.25, 0.3) is 0 Å². The number of carbonyl (C=O) groups is 2. The van der Waals surface area contributed by atoms with Gasteiger partial charge >= 0.3 is 0 Å². The van der Waals surface area contributed by atoms with Gasteiger partial charge in [-0.15, -0.1) is 10.2 Å². The van der Waals surface area contributed by atoms with Gasteiger partial charge in [-0.1, -0.05) is 47.2 Å². The highest BCUT2D eigenvalue weighted by molar-refractivity contribution is 9.10. The number of rotatable bonds is 6. The lowest BCUT2D eigenvalue weighted by atomic mass is 10.2. The first-order valence-electron chi connectivity index (χ1n) is 7.12. The van der Waals surface area contributed by atoms with Gasteiger partial charge in [-0.3, -0.25) is 9.59 Å². The zero-order valence-corrected chi connectivity index (χ0v) is 15.2. The molecule has 0 aliphatic heterocycles. The Morgan fingerprint density at radius 3 is 2.48 bits per heavy atom. The first kappa shape index (κ1) is 17.6. The Hall–Kier alpha value is -1.80. The maximum Gasteiger partial charge on any atom is 0.226 e. The van der Waals surface area contributed by atoms with Crippen molar-refractivity contribution >= 4 is 49.9 Å². The molecule has 8 heteroatoms. The summed E-state index contributed by atoms with van der Waals surface area (Å²) in [4.78, 5) is 23.7. The average Bonchev–Trinajstić information content (AvgIpc) is 2.94. The van der Waals surface area contributed by atoms with E-state index in [1.807, 2.05) is 26.0 Å². The highest BCUT2D eigenvalue weighted by Gasteiger charge is 2.12. The highest BCUT2D eigenvalue weighted by atomic mass is 79.9. The van der Waals surface area contributed by atoms with Crippen molar-refractivity contribution in [2.24, 2.45) is 0 Å². The molecule has 0 bridgehead atoms. The van der Waals surface area contributed by atoms with Crippen molar-refractivity contribution in [1.29, 1.82) is 0 Å². The molecule has 0 saturated heterocycles. The molecule has 6 nitrogen and oxygen atoms in total. The number of nitrogens with one attached hydrogen (secondary N) is 2. The Labute approximate surface area is 146 Å². The summed E-state index contributed by atoms with van der Waals surface area (Å²) in [6.45, 7) is 4.02. The summed E-state index contributed by atoms with van der Waals surface area (Å²) in [6.07, 6.45) is 0.199. The van der Waals surface area contributed by atoms with Crippen molar-refractivity contribution in [2.75, 3.05) is 10.6 Å². The van der Waals surface area contributed by atoms with Gasteiger partial charge < -0.3 is 10.6 Å². The van der Waals surface area contributed by atoms with Gasteiger partial charge in [0.2, 0.25) is 16.9 Å². The van der Waals surface area contributed by atoms with Crippen LogP contribution >= 0.6 is 27.3 Å². The molecule has 0 radical (unpaired) electrons. The van der Waals surface area contributed by atoms with Crippen LogP contribution in [0.2, 0.25) is 0 Å². The predicted octanol–water partition coefficient (Wildman–Crippen LogP) is 3.78. The maximum absolute atomic E-state index is 11.8. The Morgan fingerprint density at radius 1 is 1.17 bits per heavy atom. The number of hydrogen-bond donors (Lipinski definition) is 2. The number of anilines is 2. The zero-order valence-electron chi connectivity index (χ0n) is 12.8. The molecule has 0 aliphatic carbocycles. The lowest BCUT2D eigenvalue weighted by Crippen LogP contribution is -2.17. The van der Waals surface area contributed by atoms with Gasteiger partial charge in [-0.05, 0) is 18.2 Å². The third kappa shape index (κ3) is 5.72. The van der Waals surface area contributed by atoms with Gasteiger partial charge in [-0.25, -0.2) is 0 Å². The second kappa shape index (κ2) is 8.16. The van der Waals surface area contributed by atoms with Crippen LogP contribution in [0, 0.1) is 0 Å². The van der Waals surface area contributed by atoms with Crippen LogP contribution in [0.15, 0.2) is 28.7 Å². The van der Waals surface area contributed by atoms with E-state index < -0.39 is 0 Å². The van der Waals surface area contributed by atoms with Crippen LogP contribution in [0.3, 0.4) is 0 Å². The monoisotopic (exact) mass is 396 g/mol. The molecule has 0 spiro atoms. The van der Waals surface area contributed by atoms with E-state index in [1.165, 1.54) is 11.3 Å². The number of halogens is 1. The van der Waals surface area contributed by atoms with E-state index >= 15 is 0 Å². The number of nitrogens with zero attached hydrogens (tertiary/aromatic N) is 2. The van der Waals surface area contributed by atoms with Crippen molar-refractivity contribution in [3.8, 4) is 0 Å². The van der Waals surface area contributed by atoms with Gasteiger partial charge in [-0.2, -0.15) is 0 Å². The van der Waals surface area contributed by atoms with Crippen LogP contribution in [0.4, 0.5) is 10.8 Å². The number of aromatic nitrogens is 2. The molecular weight excluding hydrogens is 380 g/mol. The summed E-state index contributed by atoms with van der Waals surface area (Å²) in [6, 6.07) is 7.29. The summed E-state index contributed by atoms with van der Waals surface area (Å²) in [5.41, 5.74) is 0.690. The standard InChI is InChI=1S/C15H17BrN4O2S/c1-9(2)14-19-20-15(23-14)18-13(22)7-6-12(21)17-11-5-3-4-10(16)8-11/h3-5,8-9H,6-7H2,1-2H3,(H,17,21)(H,18,20,22). The average molecular weight is 397 g/mol. The van der Waals surface area contributed by atoms with Crippen LogP contribution < -0.4 is 10.6 Å². The number of amides is 2. The van der Waals surface area contributed by atoms with Crippen molar-refractivity contribution in [1.82, 2.24) is 10.2 Å². The second-order valence-corrected chi connectivity index (χ2v) is 7.13. The van der Waals surface area contributed by atoms with E-state index in [4.69, 9.17) is 0 Å². The quantitative estimate of drug-likeness (QED) is 0.777. The zero-order chi connectivity index (χ0) is 16.8. The minimum atomic E-state index is -0.249. The molecule has 1 heterocycles. The van der Waals surface area contributed by atoms with Crippen molar-refractivity contribution in [2.45, 2.75) is 32.6 Å². The molecule has 1 aromatic heterocycles. The Kier molecular flexibility index (Phi) is 6.23. The van der Waals surface area contributed by atoms with Crippen molar-refractivity contribution in [3.63, 3.8) is 0 Å². The maximum atomic E-state index is 11.8. The largest absolute Gasteiger partial charge is 0.326 e. The van der Waals surface area contributed by atoms with E-state index in [1.54, 1.807) is 12.1 Å². The third-order valence-corrected chi connectivity index (χ3v) is 4.50. The second-order valence-electron chi connectivity index (χ2n) is 5.21. The predicted molar refractivity (Wildman–Crippen MR) is 94.6 cm³/mol. The van der Waals surface area contributed by atoms with Crippen molar-refractivity contribution in [3.05, 3.63) is 33.7 Å². The van der Waals surface area contributed by atoms with Gasteiger partial charge in [0, 0.05) is 28.9 Å². The van der Waals surface area contributed by atoms with Crippen molar-refractivity contribution < 1.29 is 9.59 Å². The molecule has 0 saturated carbocycles. The molecular formula is C15H17BrN4O2S. The van der Waals surface area contributed by atoms with E-state index in [2.05, 4.69) is 36.8 Å². The van der Waals surface area contributed by atoms with E-state index in [-0.39, 0.29) is 30.6 Å². The molecule has 23 heavy (non-hydrogen) atoms. The molecule has 2 aromatic rings. The number of benzene rings is 1. The molecule has 122 valence electrons. The highest BCUT2D eigenvalue weighted by Crippen LogP contribution is 2.22. The van der Waals surface area contributed by atoms with E-state index in [0.717, 1.165) is 9.48 Å². The van der Waals surface area contributed by atoms with Crippen LogP contribution in [0.25, 0.3) is 0 Å². The van der Waals surface area contributed by atoms with E-state index in [0.29, 0.717) is 10.8 Å². The molecule has 0 atom stereocenters. The van der Waals surface area contributed by atoms with Crippen LogP contribution in [-0.4, -0.2) is 22.0 Å². The molecule has 2 N–H and O–H groups in total. The Balaban J connectivity index is 1.78. The summed E-state index contributed by atoms with van der Waals surface area (Å²) < 4.78 is 0.880. The topological polar surface area (TPSA) is 84.0 Å². The first-order valence-corrected chi connectivity index (χ1v) is 8.73. The molecule has 0 unspecified atom stereocenters. The molecule has 2 rings (SSSR count). The fraction of sp³-hybridized carbons (Fsp3) is 0.333. The summed E-state index contributed by atoms with van der Waals surface area (Å²) in [5, 5.41) is 14.7. The summed E-state index contributed by atoms with van der Waals surface area (Å²) >= 11 is 4.68. The SMILES string of the molecule is CC(C)c1nnc(NC(=O)CCC(=O)Nc2cccc(Br)c2)s1. The Morgan fingerprint density at radius 2 is 1.87 bits per heavy atom. The number of hydrogen-bond acceptors (Lipinski definition) is 5. The van der Waals surface area contributed by atoms with E-state index in [9.17, 15) is 9.59 Å². The lowest BCUT2D eigenvalue weighted by molar-refractivity contribution is -0.121. The molecule has 0 aliphatic rings. The van der Waals surface area contributed by atoms with Crippen LogP contribution in [0.1, 0.15) is 37.6 Å². The van der Waals surface area contributed by atoms with Gasteiger partial charge in [0.05, 0.1) is 0 Å². The fourth-order valence-electron chi connectivity index (χ4n) is 1.72. The van der Waals surface area contributed by atoms with Gasteiger partial charge in [0.1, 0.15) is 5.01 Å². The third-order valence-electron chi connectivity index (χ3n) is 2.87. The summed E-state index contributed by atoms with van der Waals surface area (Å²) in [5.74, 6) is -0.187. The smallest absolute Gasteiger partial charge is 0.226 e. The molecule has 2 amide bonds. The minimum absolute atomic E-state index is 0.0937. The fourth-order valence-corrected chi connectivity index (χ4v) is 2.88. The normalized spacial score (nSPS) is 10.6. The summed E-state index contributed by atoms with van der Waals surface area (Å²) in [7, 11) is 0. The Bertz CT molecular complexity index is 702. The van der Waals surface area contributed by atoms with Crippen LogP contribution in [0.5, 0.6) is 0 Å². The molecule has 0 fully saturated rings. The lowest BCUT2D eigenvalue weighted by Gasteiger charge is -2.05. The number of carbonyl (C=O) groups excluding carboxylic acids is 2. The first-order chi connectivity index (χ1) is 10.9.